The van der Waals surface area contributed by atoms with Gasteiger partial charge in [0, 0.05) is 16.3 Å². The standard InChI is InChI=1S/C22H21ClN2O4S/c1-4-29-18-8-6-16(23)10-15(18)11-19-21(27)25(22(28)30-19)12-20(26)24-17-7-5-13(2)9-14(17)3/h5-11H,4,12H2,1-3H3,(H,24,26)/b19-11-. The monoisotopic (exact) mass is 444 g/mol. The van der Waals surface area contributed by atoms with E-state index in [-0.39, 0.29) is 11.4 Å². The van der Waals surface area contributed by atoms with Crippen LogP contribution in [0.2, 0.25) is 5.02 Å². The number of nitrogens with one attached hydrogen (secondary N) is 1. The minimum absolute atomic E-state index is 0.211. The van der Waals surface area contributed by atoms with Crippen LogP contribution in [0, 0.1) is 13.8 Å². The second-order valence-corrected chi connectivity index (χ2v) is 8.18. The van der Waals surface area contributed by atoms with E-state index in [1.54, 1.807) is 30.3 Å². The number of halogens is 1. The molecule has 1 N–H and O–H groups in total. The van der Waals surface area contributed by atoms with Crippen molar-refractivity contribution in [1.82, 2.24) is 4.90 Å². The fraction of sp³-hybridized carbons (Fsp3) is 0.227. The quantitative estimate of drug-likeness (QED) is 0.632. The Morgan fingerprint density at radius 3 is 2.67 bits per heavy atom. The molecule has 8 heteroatoms. The molecule has 1 saturated heterocycles. The first-order chi connectivity index (χ1) is 14.3. The van der Waals surface area contributed by atoms with Crippen molar-refractivity contribution in [3.63, 3.8) is 0 Å². The van der Waals surface area contributed by atoms with E-state index in [0.29, 0.717) is 28.6 Å². The average molecular weight is 445 g/mol. The molecule has 0 radical (unpaired) electrons. The van der Waals surface area contributed by atoms with E-state index >= 15 is 0 Å². The lowest BCUT2D eigenvalue weighted by Gasteiger charge is -2.14. The van der Waals surface area contributed by atoms with Crippen molar-refractivity contribution in [2.24, 2.45) is 0 Å². The highest BCUT2D eigenvalue weighted by molar-refractivity contribution is 8.18. The van der Waals surface area contributed by atoms with Gasteiger partial charge in [-0.15, -0.1) is 0 Å². The summed E-state index contributed by atoms with van der Waals surface area (Å²) in [7, 11) is 0. The van der Waals surface area contributed by atoms with Crippen LogP contribution in [0.5, 0.6) is 5.75 Å². The summed E-state index contributed by atoms with van der Waals surface area (Å²) in [6.45, 7) is 5.78. The van der Waals surface area contributed by atoms with Gasteiger partial charge in [-0.2, -0.15) is 0 Å². The van der Waals surface area contributed by atoms with Gasteiger partial charge in [0.15, 0.2) is 0 Å². The SMILES string of the molecule is CCOc1ccc(Cl)cc1/C=C1\SC(=O)N(CC(=O)Nc2ccc(C)cc2C)C1=O. The molecular formula is C22H21ClN2O4S. The number of aryl methyl sites for hydroxylation is 2. The van der Waals surface area contributed by atoms with Gasteiger partial charge in [-0.3, -0.25) is 19.3 Å². The normalized spacial score (nSPS) is 15.1. The largest absolute Gasteiger partial charge is 0.493 e. The van der Waals surface area contributed by atoms with E-state index in [0.717, 1.165) is 27.8 Å². The zero-order valence-electron chi connectivity index (χ0n) is 16.8. The molecule has 0 unspecified atom stereocenters. The van der Waals surface area contributed by atoms with Crippen molar-refractivity contribution < 1.29 is 19.1 Å². The Morgan fingerprint density at radius 1 is 1.20 bits per heavy atom. The van der Waals surface area contributed by atoms with Crippen molar-refractivity contribution >= 4 is 52.2 Å². The highest BCUT2D eigenvalue weighted by Crippen LogP contribution is 2.34. The van der Waals surface area contributed by atoms with Crippen LogP contribution < -0.4 is 10.1 Å². The molecule has 1 heterocycles. The highest BCUT2D eigenvalue weighted by atomic mass is 35.5. The topological polar surface area (TPSA) is 75.7 Å². The number of hydrogen-bond acceptors (Lipinski definition) is 5. The van der Waals surface area contributed by atoms with Crippen LogP contribution in [0.1, 0.15) is 23.6 Å². The fourth-order valence-electron chi connectivity index (χ4n) is 2.98. The maximum atomic E-state index is 12.7. The summed E-state index contributed by atoms with van der Waals surface area (Å²) in [6.07, 6.45) is 1.56. The molecule has 1 aliphatic rings. The Balaban J connectivity index is 1.75. The molecular weight excluding hydrogens is 424 g/mol. The number of hydrogen-bond donors (Lipinski definition) is 1. The van der Waals surface area contributed by atoms with Gasteiger partial charge < -0.3 is 10.1 Å². The van der Waals surface area contributed by atoms with Crippen molar-refractivity contribution in [3.8, 4) is 5.75 Å². The number of benzene rings is 2. The van der Waals surface area contributed by atoms with E-state index in [1.807, 2.05) is 32.9 Å². The predicted molar refractivity (Wildman–Crippen MR) is 120 cm³/mol. The van der Waals surface area contributed by atoms with Gasteiger partial charge in [0.05, 0.1) is 11.5 Å². The molecule has 0 atom stereocenters. The molecule has 0 bridgehead atoms. The fourth-order valence-corrected chi connectivity index (χ4v) is 3.99. The molecule has 0 aliphatic carbocycles. The zero-order chi connectivity index (χ0) is 21.8. The van der Waals surface area contributed by atoms with E-state index in [9.17, 15) is 14.4 Å². The molecule has 2 aromatic carbocycles. The Bertz CT molecular complexity index is 1050. The van der Waals surface area contributed by atoms with Crippen LogP contribution in [0.3, 0.4) is 0 Å². The molecule has 0 spiro atoms. The summed E-state index contributed by atoms with van der Waals surface area (Å²) in [5.41, 5.74) is 3.22. The number of thioether (sulfide) groups is 1. The third-order valence-electron chi connectivity index (χ3n) is 4.39. The number of amides is 3. The molecule has 0 saturated carbocycles. The number of imide groups is 1. The Morgan fingerprint density at radius 2 is 1.97 bits per heavy atom. The molecule has 156 valence electrons. The van der Waals surface area contributed by atoms with E-state index < -0.39 is 17.1 Å². The van der Waals surface area contributed by atoms with Crippen LogP contribution in [-0.4, -0.2) is 35.1 Å². The summed E-state index contributed by atoms with van der Waals surface area (Å²) < 4.78 is 5.56. The Kier molecular flexibility index (Phi) is 6.84. The third-order valence-corrected chi connectivity index (χ3v) is 5.53. The summed E-state index contributed by atoms with van der Waals surface area (Å²) in [5.74, 6) is -0.409. The lowest BCUT2D eigenvalue weighted by molar-refractivity contribution is -0.127. The van der Waals surface area contributed by atoms with E-state index in [4.69, 9.17) is 16.3 Å². The van der Waals surface area contributed by atoms with Crippen molar-refractivity contribution in [3.05, 3.63) is 63.0 Å². The smallest absolute Gasteiger partial charge is 0.294 e. The van der Waals surface area contributed by atoms with Crippen LogP contribution in [0.25, 0.3) is 6.08 Å². The van der Waals surface area contributed by atoms with Gasteiger partial charge in [-0.25, -0.2) is 0 Å². The summed E-state index contributed by atoms with van der Waals surface area (Å²) in [5, 5.41) is 2.74. The van der Waals surface area contributed by atoms with Crippen LogP contribution in [0.15, 0.2) is 41.3 Å². The van der Waals surface area contributed by atoms with Crippen molar-refractivity contribution in [2.45, 2.75) is 20.8 Å². The number of carbonyl (C=O) groups is 3. The second kappa shape index (κ2) is 9.36. The Hall–Kier alpha value is -2.77. The van der Waals surface area contributed by atoms with Crippen molar-refractivity contribution in [1.29, 1.82) is 0 Å². The first-order valence-electron chi connectivity index (χ1n) is 9.33. The molecule has 30 heavy (non-hydrogen) atoms. The maximum Gasteiger partial charge on any atom is 0.294 e. The van der Waals surface area contributed by atoms with Gasteiger partial charge >= 0.3 is 0 Å². The summed E-state index contributed by atoms with van der Waals surface area (Å²) >= 11 is 6.84. The molecule has 1 aliphatic heterocycles. The van der Waals surface area contributed by atoms with Gasteiger partial charge in [0.1, 0.15) is 12.3 Å². The molecule has 0 aromatic heterocycles. The highest BCUT2D eigenvalue weighted by Gasteiger charge is 2.36. The van der Waals surface area contributed by atoms with Crippen LogP contribution in [-0.2, 0) is 9.59 Å². The minimum atomic E-state index is -0.525. The van der Waals surface area contributed by atoms with E-state index in [1.165, 1.54) is 0 Å². The summed E-state index contributed by atoms with van der Waals surface area (Å²) in [4.78, 5) is 38.7. The average Bonchev–Trinajstić information content (AvgIpc) is 2.94. The first kappa shape index (κ1) is 21.9. The molecule has 2 aromatic rings. The zero-order valence-corrected chi connectivity index (χ0v) is 18.4. The number of anilines is 1. The lowest BCUT2D eigenvalue weighted by atomic mass is 10.1. The van der Waals surface area contributed by atoms with Crippen LogP contribution >= 0.6 is 23.4 Å². The van der Waals surface area contributed by atoms with E-state index in [2.05, 4.69) is 5.32 Å². The minimum Gasteiger partial charge on any atom is -0.493 e. The first-order valence-corrected chi connectivity index (χ1v) is 10.5. The second-order valence-electron chi connectivity index (χ2n) is 6.75. The van der Waals surface area contributed by atoms with Gasteiger partial charge in [0.25, 0.3) is 11.1 Å². The predicted octanol–water partition coefficient (Wildman–Crippen LogP) is 5.03. The molecule has 3 amide bonds. The van der Waals surface area contributed by atoms with Gasteiger partial charge in [0.2, 0.25) is 5.91 Å². The van der Waals surface area contributed by atoms with Crippen LogP contribution in [0.4, 0.5) is 10.5 Å². The molecule has 1 fully saturated rings. The third kappa shape index (κ3) is 5.04. The number of nitrogens with zero attached hydrogens (tertiary/aromatic N) is 1. The number of ether oxygens (including phenoxy) is 1. The number of rotatable bonds is 6. The lowest BCUT2D eigenvalue weighted by Crippen LogP contribution is -2.36. The van der Waals surface area contributed by atoms with Crippen molar-refractivity contribution in [2.75, 3.05) is 18.5 Å². The summed E-state index contributed by atoms with van der Waals surface area (Å²) in [6, 6.07) is 10.7. The van der Waals surface area contributed by atoms with Gasteiger partial charge in [-0.05, 0) is 68.4 Å². The maximum absolute atomic E-state index is 12.7. The van der Waals surface area contributed by atoms with Gasteiger partial charge in [-0.1, -0.05) is 29.3 Å². The molecule has 3 rings (SSSR count). The Labute approximate surface area is 184 Å². The number of carbonyl (C=O) groups excluding carboxylic acids is 3. The molecule has 6 nitrogen and oxygen atoms in total.